The van der Waals surface area contributed by atoms with Crippen LogP contribution in [0.2, 0.25) is 10.0 Å². The topological polar surface area (TPSA) is 0 Å². The van der Waals surface area contributed by atoms with Crippen molar-refractivity contribution in [1.29, 1.82) is 0 Å². The van der Waals surface area contributed by atoms with Gasteiger partial charge < -0.3 is 0 Å². The summed E-state index contributed by atoms with van der Waals surface area (Å²) in [5, 5.41) is 1.43. The lowest BCUT2D eigenvalue weighted by atomic mass is 9.85. The van der Waals surface area contributed by atoms with Crippen molar-refractivity contribution in [1.82, 2.24) is 0 Å². The molecule has 0 fully saturated rings. The van der Waals surface area contributed by atoms with Crippen molar-refractivity contribution in [2.24, 2.45) is 0 Å². The predicted octanol–water partition coefficient (Wildman–Crippen LogP) is 7.62. The van der Waals surface area contributed by atoms with Crippen LogP contribution < -0.4 is 0 Å². The zero-order valence-electron chi connectivity index (χ0n) is 15.3. The summed E-state index contributed by atoms with van der Waals surface area (Å²) in [5.41, 5.74) is 9.59. The van der Waals surface area contributed by atoms with E-state index in [0.29, 0.717) is 16.0 Å². The van der Waals surface area contributed by atoms with Gasteiger partial charge in [0.2, 0.25) is 0 Å². The number of hydrogen-bond acceptors (Lipinski definition) is 0. The lowest BCUT2D eigenvalue weighted by Crippen LogP contribution is -2.05. The number of hydrogen-bond donors (Lipinski definition) is 0. The molecule has 3 aromatic carbocycles. The molecule has 0 amide bonds. The molecule has 0 N–H and O–H groups in total. The molecular weight excluding hydrogens is 371 g/mol. The van der Waals surface area contributed by atoms with Gasteiger partial charge in [0.15, 0.2) is 0 Å². The number of aryl methyl sites for hydroxylation is 3. The van der Waals surface area contributed by atoms with Crippen molar-refractivity contribution in [3.63, 3.8) is 0 Å². The molecule has 2 heteroatoms. The SMILES string of the molecule is Clc1cccc(Cl)c1-c1ccc2c(c1)CCC2c1ccc2c(c1)CCCC2. The Morgan fingerprint density at radius 2 is 1.48 bits per heavy atom. The molecule has 136 valence electrons. The van der Waals surface area contributed by atoms with E-state index < -0.39 is 0 Å². The van der Waals surface area contributed by atoms with E-state index in [2.05, 4.69) is 36.4 Å². The van der Waals surface area contributed by atoms with E-state index >= 15 is 0 Å². The Balaban J connectivity index is 1.52. The number of rotatable bonds is 2. The van der Waals surface area contributed by atoms with Crippen LogP contribution in [-0.2, 0) is 19.3 Å². The van der Waals surface area contributed by atoms with Gasteiger partial charge in [0.1, 0.15) is 0 Å². The summed E-state index contributed by atoms with van der Waals surface area (Å²) in [6.45, 7) is 0. The molecule has 2 aliphatic rings. The minimum Gasteiger partial charge on any atom is -0.0836 e. The molecule has 0 aliphatic heterocycles. The fourth-order valence-corrected chi connectivity index (χ4v) is 5.48. The second-order valence-corrected chi connectivity index (χ2v) is 8.65. The van der Waals surface area contributed by atoms with Crippen LogP contribution in [0.4, 0.5) is 0 Å². The summed E-state index contributed by atoms with van der Waals surface area (Å²) < 4.78 is 0. The van der Waals surface area contributed by atoms with Crippen molar-refractivity contribution in [2.75, 3.05) is 0 Å². The van der Waals surface area contributed by atoms with Crippen LogP contribution in [0.3, 0.4) is 0 Å². The minimum atomic E-state index is 0.517. The van der Waals surface area contributed by atoms with Crippen LogP contribution >= 0.6 is 23.2 Å². The summed E-state index contributed by atoms with van der Waals surface area (Å²) in [6.07, 6.45) is 7.47. The first-order valence-corrected chi connectivity index (χ1v) is 10.7. The summed E-state index contributed by atoms with van der Waals surface area (Å²) >= 11 is 12.8. The molecule has 0 aromatic heterocycles. The van der Waals surface area contributed by atoms with Crippen molar-refractivity contribution in [3.05, 3.63) is 92.5 Å². The molecule has 0 radical (unpaired) electrons. The molecule has 2 aliphatic carbocycles. The minimum absolute atomic E-state index is 0.517. The van der Waals surface area contributed by atoms with Gasteiger partial charge in [0, 0.05) is 21.5 Å². The zero-order chi connectivity index (χ0) is 18.4. The van der Waals surface area contributed by atoms with Gasteiger partial charge in [-0.05, 0) is 84.0 Å². The van der Waals surface area contributed by atoms with Crippen molar-refractivity contribution in [3.8, 4) is 11.1 Å². The van der Waals surface area contributed by atoms with Crippen LogP contribution in [-0.4, -0.2) is 0 Å². The highest BCUT2D eigenvalue weighted by molar-refractivity contribution is 6.39. The third kappa shape index (κ3) is 3.10. The third-order valence-electron chi connectivity index (χ3n) is 6.25. The lowest BCUT2D eigenvalue weighted by molar-refractivity contribution is 0.681. The van der Waals surface area contributed by atoms with Crippen molar-refractivity contribution in [2.45, 2.75) is 44.4 Å². The molecule has 0 nitrogen and oxygen atoms in total. The Morgan fingerprint density at radius 1 is 0.704 bits per heavy atom. The van der Waals surface area contributed by atoms with Gasteiger partial charge in [-0.15, -0.1) is 0 Å². The van der Waals surface area contributed by atoms with E-state index in [4.69, 9.17) is 23.2 Å². The second kappa shape index (κ2) is 7.00. The Morgan fingerprint density at radius 3 is 2.30 bits per heavy atom. The van der Waals surface area contributed by atoms with Gasteiger partial charge in [-0.1, -0.05) is 65.7 Å². The molecule has 1 atom stereocenters. The van der Waals surface area contributed by atoms with Crippen LogP contribution in [0.15, 0.2) is 54.6 Å². The van der Waals surface area contributed by atoms with Gasteiger partial charge >= 0.3 is 0 Å². The highest BCUT2D eigenvalue weighted by Gasteiger charge is 2.25. The Hall–Kier alpha value is -1.76. The van der Waals surface area contributed by atoms with Gasteiger partial charge in [0.25, 0.3) is 0 Å². The molecule has 0 heterocycles. The first-order chi connectivity index (χ1) is 13.2. The molecule has 0 saturated carbocycles. The number of benzene rings is 3. The number of halogens is 2. The van der Waals surface area contributed by atoms with Gasteiger partial charge in [-0.25, -0.2) is 0 Å². The molecule has 0 bridgehead atoms. The van der Waals surface area contributed by atoms with E-state index in [-0.39, 0.29) is 0 Å². The summed E-state index contributed by atoms with van der Waals surface area (Å²) in [4.78, 5) is 0. The number of fused-ring (bicyclic) bond motifs is 2. The van der Waals surface area contributed by atoms with Crippen LogP contribution in [0.5, 0.6) is 0 Å². The highest BCUT2D eigenvalue weighted by atomic mass is 35.5. The molecule has 0 saturated heterocycles. The fraction of sp³-hybridized carbons (Fsp3) is 0.280. The second-order valence-electron chi connectivity index (χ2n) is 7.84. The summed E-state index contributed by atoms with van der Waals surface area (Å²) in [5.74, 6) is 0.517. The van der Waals surface area contributed by atoms with E-state index in [9.17, 15) is 0 Å². The van der Waals surface area contributed by atoms with Crippen LogP contribution in [0, 0.1) is 0 Å². The monoisotopic (exact) mass is 392 g/mol. The normalized spacial score (nSPS) is 18.2. The van der Waals surface area contributed by atoms with Crippen LogP contribution in [0.1, 0.15) is 53.0 Å². The molecule has 1 unspecified atom stereocenters. The Bertz CT molecular complexity index is 999. The molecule has 5 rings (SSSR count). The van der Waals surface area contributed by atoms with E-state index in [1.807, 2.05) is 18.2 Å². The Kier molecular flexibility index (Phi) is 4.50. The molecular formula is C25H22Cl2. The Labute approximate surface area is 171 Å². The van der Waals surface area contributed by atoms with Crippen molar-refractivity contribution < 1.29 is 0 Å². The van der Waals surface area contributed by atoms with Crippen LogP contribution in [0.25, 0.3) is 11.1 Å². The quantitative estimate of drug-likeness (QED) is 0.420. The van der Waals surface area contributed by atoms with E-state index in [1.54, 1.807) is 11.1 Å². The largest absolute Gasteiger partial charge is 0.0836 e. The summed E-state index contributed by atoms with van der Waals surface area (Å²) in [7, 11) is 0. The predicted molar refractivity (Wildman–Crippen MR) is 115 cm³/mol. The van der Waals surface area contributed by atoms with Gasteiger partial charge in [-0.2, -0.15) is 0 Å². The summed E-state index contributed by atoms with van der Waals surface area (Å²) in [6, 6.07) is 19.7. The fourth-order valence-electron chi connectivity index (χ4n) is 4.86. The molecule has 3 aromatic rings. The zero-order valence-corrected chi connectivity index (χ0v) is 16.8. The maximum absolute atomic E-state index is 6.42. The van der Waals surface area contributed by atoms with Gasteiger partial charge in [0.05, 0.1) is 0 Å². The maximum Gasteiger partial charge on any atom is 0.0499 e. The lowest BCUT2D eigenvalue weighted by Gasteiger charge is -2.19. The average molecular weight is 393 g/mol. The highest BCUT2D eigenvalue weighted by Crippen LogP contribution is 2.42. The third-order valence-corrected chi connectivity index (χ3v) is 6.88. The molecule has 0 spiro atoms. The van der Waals surface area contributed by atoms with E-state index in [1.165, 1.54) is 48.8 Å². The van der Waals surface area contributed by atoms with Gasteiger partial charge in [-0.3, -0.25) is 0 Å². The first kappa shape index (κ1) is 17.3. The standard InChI is InChI=1S/C25H22Cl2/c26-23-6-3-7-24(27)25(23)20-11-13-22-19(15-20)10-12-21(22)18-9-8-16-4-1-2-5-17(16)14-18/h3,6-9,11,13-15,21H,1-2,4-5,10,12H2. The maximum atomic E-state index is 6.42. The van der Waals surface area contributed by atoms with Crippen molar-refractivity contribution >= 4 is 23.2 Å². The first-order valence-electron chi connectivity index (χ1n) is 9.89. The molecule has 27 heavy (non-hydrogen) atoms. The average Bonchev–Trinajstić information content (AvgIpc) is 3.11. The smallest absolute Gasteiger partial charge is 0.0499 e. The van der Waals surface area contributed by atoms with E-state index in [0.717, 1.165) is 17.5 Å².